The molecule has 0 amide bonds. The molecule has 0 aromatic carbocycles. The third-order valence-electron chi connectivity index (χ3n) is 2.60. The molecule has 0 spiro atoms. The van der Waals surface area contributed by atoms with E-state index in [0.29, 0.717) is 13.3 Å². The van der Waals surface area contributed by atoms with Crippen LogP contribution >= 0.6 is 0 Å². The first-order valence-corrected chi connectivity index (χ1v) is 5.32. The summed E-state index contributed by atoms with van der Waals surface area (Å²) in [5, 5.41) is 0. The Labute approximate surface area is 84.9 Å². The minimum Gasteiger partial charge on any atom is -0.361 e. The quantitative estimate of drug-likeness (QED) is 0.743. The second-order valence-corrected chi connectivity index (χ2v) is 3.95. The molecule has 0 atom stereocenters. The van der Waals surface area contributed by atoms with E-state index in [-0.39, 0.29) is 0 Å². The van der Waals surface area contributed by atoms with Crippen molar-refractivity contribution in [2.24, 2.45) is 11.7 Å². The maximum absolute atomic E-state index is 5.61. The Kier molecular flexibility index (Phi) is 3.22. The zero-order valence-electron chi connectivity index (χ0n) is 8.48. The summed E-state index contributed by atoms with van der Waals surface area (Å²) in [6.45, 7) is 2.30. The van der Waals surface area contributed by atoms with E-state index in [0.717, 1.165) is 18.9 Å². The second kappa shape index (κ2) is 4.62. The zero-order chi connectivity index (χ0) is 9.80. The van der Waals surface area contributed by atoms with Crippen molar-refractivity contribution in [3.05, 3.63) is 24.0 Å². The largest absolute Gasteiger partial charge is 0.361 e. The van der Waals surface area contributed by atoms with Gasteiger partial charge in [0.2, 0.25) is 0 Å². The summed E-state index contributed by atoms with van der Waals surface area (Å²) in [6.07, 6.45) is 5.68. The van der Waals surface area contributed by atoms with Crippen molar-refractivity contribution < 1.29 is 4.74 Å². The number of nitrogens with zero attached hydrogens (tertiary/aromatic N) is 1. The maximum Gasteiger partial charge on any atom is 0.122 e. The Morgan fingerprint density at radius 1 is 1.50 bits per heavy atom. The highest BCUT2D eigenvalue weighted by Crippen LogP contribution is 2.28. The molecule has 2 N–H and O–H groups in total. The van der Waals surface area contributed by atoms with Crippen molar-refractivity contribution in [1.29, 1.82) is 0 Å². The van der Waals surface area contributed by atoms with Gasteiger partial charge in [-0.2, -0.15) is 0 Å². The number of rotatable bonds is 6. The number of ether oxygens (including phenoxy) is 1. The van der Waals surface area contributed by atoms with E-state index in [1.165, 1.54) is 18.5 Å². The van der Waals surface area contributed by atoms with Gasteiger partial charge in [0.15, 0.2) is 0 Å². The van der Waals surface area contributed by atoms with E-state index in [2.05, 4.69) is 16.8 Å². The van der Waals surface area contributed by atoms with Crippen LogP contribution in [0, 0.1) is 5.92 Å². The SMILES string of the molecule is NCCc1cccn1COCC1CC1. The maximum atomic E-state index is 5.61. The van der Waals surface area contributed by atoms with Crippen LogP contribution in [0.4, 0.5) is 0 Å². The molecule has 1 aliphatic rings. The van der Waals surface area contributed by atoms with Crippen LogP contribution in [-0.4, -0.2) is 17.7 Å². The van der Waals surface area contributed by atoms with Gasteiger partial charge in [0.1, 0.15) is 6.73 Å². The van der Waals surface area contributed by atoms with Crippen LogP contribution in [0.15, 0.2) is 18.3 Å². The lowest BCUT2D eigenvalue weighted by Crippen LogP contribution is -2.10. The fraction of sp³-hybridized carbons (Fsp3) is 0.636. The molecular formula is C11H18N2O. The lowest BCUT2D eigenvalue weighted by atomic mass is 10.3. The van der Waals surface area contributed by atoms with Crippen molar-refractivity contribution >= 4 is 0 Å². The van der Waals surface area contributed by atoms with E-state index < -0.39 is 0 Å². The second-order valence-electron chi connectivity index (χ2n) is 3.95. The third-order valence-corrected chi connectivity index (χ3v) is 2.60. The highest BCUT2D eigenvalue weighted by atomic mass is 16.5. The molecule has 1 heterocycles. The van der Waals surface area contributed by atoms with Crippen molar-refractivity contribution in [2.75, 3.05) is 13.2 Å². The molecule has 1 aromatic heterocycles. The molecule has 0 unspecified atom stereocenters. The van der Waals surface area contributed by atoms with Gasteiger partial charge >= 0.3 is 0 Å². The average Bonchev–Trinajstić information content (AvgIpc) is 2.89. The van der Waals surface area contributed by atoms with Crippen LogP contribution in [0.2, 0.25) is 0 Å². The minimum atomic E-state index is 0.679. The highest BCUT2D eigenvalue weighted by Gasteiger charge is 2.21. The number of hydrogen-bond acceptors (Lipinski definition) is 2. The molecule has 1 aliphatic carbocycles. The van der Waals surface area contributed by atoms with Gasteiger partial charge in [-0.15, -0.1) is 0 Å². The van der Waals surface area contributed by atoms with Gasteiger partial charge in [0.05, 0.1) is 6.61 Å². The molecule has 3 heteroatoms. The van der Waals surface area contributed by atoms with Crippen molar-refractivity contribution in [2.45, 2.75) is 26.0 Å². The van der Waals surface area contributed by atoms with Crippen LogP contribution in [0.25, 0.3) is 0 Å². The topological polar surface area (TPSA) is 40.2 Å². The Hall–Kier alpha value is -0.800. The Balaban J connectivity index is 1.78. The zero-order valence-corrected chi connectivity index (χ0v) is 8.48. The van der Waals surface area contributed by atoms with E-state index in [1.54, 1.807) is 0 Å². The summed E-state index contributed by atoms with van der Waals surface area (Å²) in [5.74, 6) is 0.837. The van der Waals surface area contributed by atoms with E-state index in [4.69, 9.17) is 10.5 Å². The molecule has 14 heavy (non-hydrogen) atoms. The first-order chi connectivity index (χ1) is 6.90. The van der Waals surface area contributed by atoms with Crippen LogP contribution in [0.5, 0.6) is 0 Å². The molecule has 3 nitrogen and oxygen atoms in total. The number of aromatic nitrogens is 1. The molecule has 0 saturated heterocycles. The predicted molar refractivity (Wildman–Crippen MR) is 55.9 cm³/mol. The summed E-state index contributed by atoms with van der Waals surface area (Å²) in [5.41, 5.74) is 6.79. The standard InChI is InChI=1S/C11H18N2O/c12-6-5-11-2-1-7-13(11)9-14-8-10-3-4-10/h1-2,7,10H,3-6,8-9,12H2. The Morgan fingerprint density at radius 2 is 2.36 bits per heavy atom. The average molecular weight is 194 g/mol. The summed E-state index contributed by atoms with van der Waals surface area (Å²) >= 11 is 0. The van der Waals surface area contributed by atoms with Gasteiger partial charge in [-0.1, -0.05) is 0 Å². The van der Waals surface area contributed by atoms with Gasteiger partial charge in [-0.05, 0) is 43.9 Å². The van der Waals surface area contributed by atoms with E-state index in [1.807, 2.05) is 6.07 Å². The molecule has 0 aliphatic heterocycles. The van der Waals surface area contributed by atoms with Crippen molar-refractivity contribution in [3.8, 4) is 0 Å². The summed E-state index contributed by atoms with van der Waals surface area (Å²) in [7, 11) is 0. The Morgan fingerprint density at radius 3 is 3.07 bits per heavy atom. The van der Waals surface area contributed by atoms with Crippen LogP contribution in [-0.2, 0) is 17.9 Å². The fourth-order valence-electron chi connectivity index (χ4n) is 1.55. The minimum absolute atomic E-state index is 0.679. The van der Waals surface area contributed by atoms with E-state index >= 15 is 0 Å². The molecular weight excluding hydrogens is 176 g/mol. The first kappa shape index (κ1) is 9.74. The third kappa shape index (κ3) is 2.59. The number of nitrogens with two attached hydrogens (primary N) is 1. The predicted octanol–water partition coefficient (Wildman–Crippen LogP) is 1.37. The van der Waals surface area contributed by atoms with Gasteiger partial charge in [0.25, 0.3) is 0 Å². The lowest BCUT2D eigenvalue weighted by molar-refractivity contribution is 0.0676. The molecule has 0 bridgehead atoms. The molecule has 1 saturated carbocycles. The smallest absolute Gasteiger partial charge is 0.122 e. The van der Waals surface area contributed by atoms with E-state index in [9.17, 15) is 0 Å². The lowest BCUT2D eigenvalue weighted by Gasteiger charge is -2.08. The van der Waals surface area contributed by atoms with Gasteiger partial charge < -0.3 is 15.0 Å². The molecule has 2 rings (SSSR count). The molecule has 1 fully saturated rings. The highest BCUT2D eigenvalue weighted by molar-refractivity contribution is 5.07. The fourth-order valence-corrected chi connectivity index (χ4v) is 1.55. The van der Waals surface area contributed by atoms with Crippen LogP contribution < -0.4 is 5.73 Å². The molecule has 0 radical (unpaired) electrons. The van der Waals surface area contributed by atoms with Crippen molar-refractivity contribution in [3.63, 3.8) is 0 Å². The van der Waals surface area contributed by atoms with Crippen LogP contribution in [0.1, 0.15) is 18.5 Å². The monoisotopic (exact) mass is 194 g/mol. The molecule has 78 valence electrons. The van der Waals surface area contributed by atoms with Gasteiger partial charge in [0, 0.05) is 11.9 Å². The Bertz CT molecular complexity index is 279. The first-order valence-electron chi connectivity index (χ1n) is 5.32. The summed E-state index contributed by atoms with van der Waals surface area (Å²) in [4.78, 5) is 0. The number of hydrogen-bond donors (Lipinski definition) is 1. The normalized spacial score (nSPS) is 16.1. The summed E-state index contributed by atoms with van der Waals surface area (Å²) < 4.78 is 7.75. The van der Waals surface area contributed by atoms with Gasteiger partial charge in [-0.3, -0.25) is 0 Å². The van der Waals surface area contributed by atoms with Gasteiger partial charge in [-0.25, -0.2) is 0 Å². The molecule has 1 aromatic rings. The van der Waals surface area contributed by atoms with Crippen LogP contribution in [0.3, 0.4) is 0 Å². The summed E-state index contributed by atoms with van der Waals surface area (Å²) in [6, 6.07) is 4.15. The van der Waals surface area contributed by atoms with Crippen molar-refractivity contribution in [1.82, 2.24) is 4.57 Å².